The first-order valence-corrected chi connectivity index (χ1v) is 5.88. The van der Waals surface area contributed by atoms with Crippen LogP contribution in [0.1, 0.15) is 0 Å². The summed E-state index contributed by atoms with van der Waals surface area (Å²) >= 11 is 0. The van der Waals surface area contributed by atoms with Gasteiger partial charge < -0.3 is 15.5 Å². The van der Waals surface area contributed by atoms with Crippen LogP contribution in [-0.4, -0.2) is 26.1 Å². The first-order valence-electron chi connectivity index (χ1n) is 5.88. The number of aromatic nitrogens is 1. The Balaban J connectivity index is 2.28. The summed E-state index contributed by atoms with van der Waals surface area (Å²) in [5, 5.41) is 6.44. The molecule has 0 bridgehead atoms. The molecule has 4 nitrogen and oxygen atoms in total. The molecule has 0 saturated heterocycles. The van der Waals surface area contributed by atoms with Gasteiger partial charge in [0.2, 0.25) is 0 Å². The fourth-order valence-corrected chi connectivity index (χ4v) is 1.77. The lowest BCUT2D eigenvalue weighted by atomic mass is 10.2. The average molecular weight is 242 g/mol. The van der Waals surface area contributed by atoms with E-state index in [1.807, 2.05) is 45.4 Å². The minimum Gasteiger partial charge on any atom is -0.376 e. The van der Waals surface area contributed by atoms with Crippen molar-refractivity contribution in [3.63, 3.8) is 0 Å². The quantitative estimate of drug-likeness (QED) is 0.865. The Kier molecular flexibility index (Phi) is 3.67. The Morgan fingerprint density at radius 2 is 1.89 bits per heavy atom. The molecule has 1 aromatic heterocycles. The smallest absolute Gasteiger partial charge is 0.127 e. The third-order valence-electron chi connectivity index (χ3n) is 2.68. The van der Waals surface area contributed by atoms with Crippen LogP contribution in [0, 0.1) is 0 Å². The largest absolute Gasteiger partial charge is 0.376 e. The number of pyridine rings is 1. The lowest BCUT2D eigenvalue weighted by Crippen LogP contribution is -2.10. The Bertz CT molecular complexity index is 523. The highest BCUT2D eigenvalue weighted by atomic mass is 15.1. The fraction of sp³-hybridized carbons (Fsp3) is 0.214. The standard InChI is InChI=1S/C14H18N4/c1-15-14-10-11(8-9-16-14)17-12-6-4-5-7-13(12)18(2)3/h4-10H,1-3H3,(H2,15,16,17). The molecule has 4 heteroatoms. The number of nitrogens with zero attached hydrogens (tertiary/aromatic N) is 2. The summed E-state index contributed by atoms with van der Waals surface area (Å²) in [6, 6.07) is 12.1. The van der Waals surface area contributed by atoms with Gasteiger partial charge in [0.15, 0.2) is 0 Å². The van der Waals surface area contributed by atoms with E-state index in [4.69, 9.17) is 0 Å². The lowest BCUT2D eigenvalue weighted by molar-refractivity contribution is 1.13. The van der Waals surface area contributed by atoms with Crippen LogP contribution in [0.15, 0.2) is 42.6 Å². The van der Waals surface area contributed by atoms with Gasteiger partial charge in [0, 0.05) is 39.1 Å². The fourth-order valence-electron chi connectivity index (χ4n) is 1.77. The van der Waals surface area contributed by atoms with Gasteiger partial charge >= 0.3 is 0 Å². The maximum Gasteiger partial charge on any atom is 0.127 e. The van der Waals surface area contributed by atoms with Crippen molar-refractivity contribution in [2.24, 2.45) is 0 Å². The van der Waals surface area contributed by atoms with Gasteiger partial charge in [-0.2, -0.15) is 0 Å². The lowest BCUT2D eigenvalue weighted by Gasteiger charge is -2.18. The van der Waals surface area contributed by atoms with Crippen LogP contribution in [0.4, 0.5) is 22.9 Å². The van der Waals surface area contributed by atoms with Crippen molar-refractivity contribution in [3.8, 4) is 0 Å². The maximum absolute atomic E-state index is 4.20. The van der Waals surface area contributed by atoms with Gasteiger partial charge in [-0.05, 0) is 18.2 Å². The normalized spacial score (nSPS) is 9.94. The molecule has 0 radical (unpaired) electrons. The van der Waals surface area contributed by atoms with Gasteiger partial charge in [-0.25, -0.2) is 4.98 Å². The number of benzene rings is 1. The number of rotatable bonds is 4. The van der Waals surface area contributed by atoms with Crippen LogP contribution < -0.4 is 15.5 Å². The van der Waals surface area contributed by atoms with E-state index in [9.17, 15) is 0 Å². The SMILES string of the molecule is CNc1cc(Nc2ccccc2N(C)C)ccn1. The number of hydrogen-bond acceptors (Lipinski definition) is 4. The van der Waals surface area contributed by atoms with Crippen LogP contribution in [0.25, 0.3) is 0 Å². The first-order chi connectivity index (χ1) is 8.70. The van der Waals surface area contributed by atoms with E-state index in [0.717, 1.165) is 22.9 Å². The van der Waals surface area contributed by atoms with Gasteiger partial charge in [0.25, 0.3) is 0 Å². The van der Waals surface area contributed by atoms with Gasteiger partial charge in [0.05, 0.1) is 11.4 Å². The van der Waals surface area contributed by atoms with Crippen molar-refractivity contribution < 1.29 is 0 Å². The van der Waals surface area contributed by atoms with E-state index in [2.05, 4.69) is 32.7 Å². The Hall–Kier alpha value is -2.23. The highest BCUT2D eigenvalue weighted by Gasteiger charge is 2.04. The maximum atomic E-state index is 4.20. The minimum absolute atomic E-state index is 0.849. The number of para-hydroxylation sites is 2. The molecule has 2 aromatic rings. The third-order valence-corrected chi connectivity index (χ3v) is 2.68. The van der Waals surface area contributed by atoms with Crippen molar-refractivity contribution >= 4 is 22.9 Å². The molecule has 0 aliphatic carbocycles. The van der Waals surface area contributed by atoms with E-state index < -0.39 is 0 Å². The average Bonchev–Trinajstić information content (AvgIpc) is 2.39. The second kappa shape index (κ2) is 5.40. The molecule has 0 saturated carbocycles. The van der Waals surface area contributed by atoms with Crippen LogP contribution in [0.3, 0.4) is 0 Å². The van der Waals surface area contributed by atoms with E-state index >= 15 is 0 Å². The van der Waals surface area contributed by atoms with Crippen molar-refractivity contribution in [3.05, 3.63) is 42.6 Å². The molecule has 2 N–H and O–H groups in total. The predicted octanol–water partition coefficient (Wildman–Crippen LogP) is 2.93. The van der Waals surface area contributed by atoms with E-state index in [1.54, 1.807) is 6.20 Å². The monoisotopic (exact) mass is 242 g/mol. The van der Waals surface area contributed by atoms with Gasteiger partial charge in [0.1, 0.15) is 5.82 Å². The van der Waals surface area contributed by atoms with Crippen molar-refractivity contribution in [2.75, 3.05) is 36.7 Å². The molecule has 0 amide bonds. The molecular weight excluding hydrogens is 224 g/mol. The molecule has 0 fully saturated rings. The molecule has 0 aliphatic heterocycles. The highest BCUT2D eigenvalue weighted by Crippen LogP contribution is 2.27. The second-order valence-corrected chi connectivity index (χ2v) is 4.22. The highest BCUT2D eigenvalue weighted by molar-refractivity contribution is 5.75. The van der Waals surface area contributed by atoms with Gasteiger partial charge in [-0.1, -0.05) is 12.1 Å². The molecular formula is C14H18N4. The van der Waals surface area contributed by atoms with Crippen molar-refractivity contribution in [2.45, 2.75) is 0 Å². The van der Waals surface area contributed by atoms with Gasteiger partial charge in [-0.3, -0.25) is 0 Å². The molecule has 94 valence electrons. The minimum atomic E-state index is 0.849. The molecule has 18 heavy (non-hydrogen) atoms. The summed E-state index contributed by atoms with van der Waals surface area (Å²) in [6.07, 6.45) is 1.78. The molecule has 0 spiro atoms. The van der Waals surface area contributed by atoms with E-state index in [1.165, 1.54) is 0 Å². The summed E-state index contributed by atoms with van der Waals surface area (Å²) in [6.45, 7) is 0. The topological polar surface area (TPSA) is 40.2 Å². The number of anilines is 4. The Morgan fingerprint density at radius 3 is 2.61 bits per heavy atom. The summed E-state index contributed by atoms with van der Waals surface area (Å²) in [5.41, 5.74) is 3.25. The molecule has 1 aromatic carbocycles. The summed E-state index contributed by atoms with van der Waals surface area (Å²) < 4.78 is 0. The molecule has 0 unspecified atom stereocenters. The van der Waals surface area contributed by atoms with Crippen LogP contribution in [0.2, 0.25) is 0 Å². The summed E-state index contributed by atoms with van der Waals surface area (Å²) in [4.78, 5) is 6.28. The molecule has 2 rings (SSSR count). The van der Waals surface area contributed by atoms with Crippen molar-refractivity contribution in [1.82, 2.24) is 4.98 Å². The second-order valence-electron chi connectivity index (χ2n) is 4.22. The van der Waals surface area contributed by atoms with Gasteiger partial charge in [-0.15, -0.1) is 0 Å². The van der Waals surface area contributed by atoms with E-state index in [-0.39, 0.29) is 0 Å². The first kappa shape index (κ1) is 12.2. The number of nitrogens with one attached hydrogen (secondary N) is 2. The summed E-state index contributed by atoms with van der Waals surface area (Å²) in [5.74, 6) is 0.849. The van der Waals surface area contributed by atoms with Crippen LogP contribution in [0.5, 0.6) is 0 Å². The summed E-state index contributed by atoms with van der Waals surface area (Å²) in [7, 11) is 5.93. The van der Waals surface area contributed by atoms with Crippen molar-refractivity contribution in [1.29, 1.82) is 0 Å². The van der Waals surface area contributed by atoms with Crippen LogP contribution in [-0.2, 0) is 0 Å². The predicted molar refractivity (Wildman–Crippen MR) is 77.8 cm³/mol. The Labute approximate surface area is 108 Å². The van der Waals surface area contributed by atoms with Crippen LogP contribution >= 0.6 is 0 Å². The molecule has 0 atom stereocenters. The van der Waals surface area contributed by atoms with E-state index in [0.29, 0.717) is 0 Å². The zero-order valence-corrected chi connectivity index (χ0v) is 10.9. The molecule has 0 aliphatic rings. The third kappa shape index (κ3) is 2.71. The molecule has 1 heterocycles. The Morgan fingerprint density at radius 1 is 1.11 bits per heavy atom. The zero-order valence-electron chi connectivity index (χ0n) is 10.9. The number of hydrogen-bond donors (Lipinski definition) is 2. The zero-order chi connectivity index (χ0) is 13.0.